The van der Waals surface area contributed by atoms with Crippen LogP contribution in [0.15, 0.2) is 48.1 Å². The predicted octanol–water partition coefficient (Wildman–Crippen LogP) is 3.41. The van der Waals surface area contributed by atoms with Crippen LogP contribution in [0, 0.1) is 0 Å². The molecule has 1 fully saturated rings. The molecule has 1 saturated heterocycles. The van der Waals surface area contributed by atoms with E-state index in [1.165, 1.54) is 11.3 Å². The number of thiazole rings is 1. The van der Waals surface area contributed by atoms with Crippen molar-refractivity contribution < 1.29 is 14.3 Å². The molecule has 0 aliphatic carbocycles. The molecule has 1 amide bonds. The molecule has 0 spiro atoms. The minimum Gasteiger partial charge on any atom is -0.491 e. The monoisotopic (exact) mass is 382 g/mol. The summed E-state index contributed by atoms with van der Waals surface area (Å²) in [5.41, 5.74) is 1.01. The standard InChI is InChI=1S/C19H18N4O3S/c24-18(16-12-27-19(23-16)17-20-8-2-9-21-17)22-13-4-6-14(7-5-13)26-11-15-3-1-10-25-15/h2,4-9,12,15H,1,3,10-11H2,(H,22,24). The summed E-state index contributed by atoms with van der Waals surface area (Å²) in [6.07, 6.45) is 5.60. The van der Waals surface area contributed by atoms with Crippen molar-refractivity contribution in [3.8, 4) is 16.6 Å². The van der Waals surface area contributed by atoms with Crippen LogP contribution in [0.4, 0.5) is 5.69 Å². The van der Waals surface area contributed by atoms with Gasteiger partial charge in [0, 0.05) is 30.1 Å². The molecule has 3 heterocycles. The van der Waals surface area contributed by atoms with E-state index >= 15 is 0 Å². The quantitative estimate of drug-likeness (QED) is 0.703. The van der Waals surface area contributed by atoms with Gasteiger partial charge in [-0.25, -0.2) is 15.0 Å². The first-order chi connectivity index (χ1) is 13.3. The summed E-state index contributed by atoms with van der Waals surface area (Å²) in [4.78, 5) is 25.0. The number of ether oxygens (including phenoxy) is 2. The predicted molar refractivity (Wildman–Crippen MR) is 102 cm³/mol. The molecule has 1 aliphatic heterocycles. The van der Waals surface area contributed by atoms with Crippen molar-refractivity contribution in [2.45, 2.75) is 18.9 Å². The van der Waals surface area contributed by atoms with Crippen LogP contribution in [-0.2, 0) is 4.74 Å². The molecule has 1 aromatic carbocycles. The van der Waals surface area contributed by atoms with Gasteiger partial charge in [-0.3, -0.25) is 4.79 Å². The summed E-state index contributed by atoms with van der Waals surface area (Å²) < 4.78 is 11.3. The van der Waals surface area contributed by atoms with Gasteiger partial charge in [-0.2, -0.15) is 0 Å². The topological polar surface area (TPSA) is 86.2 Å². The Kier molecular flexibility index (Phi) is 5.36. The number of amides is 1. The Morgan fingerprint density at radius 3 is 2.81 bits per heavy atom. The van der Waals surface area contributed by atoms with Crippen molar-refractivity contribution in [3.63, 3.8) is 0 Å². The Balaban J connectivity index is 1.34. The van der Waals surface area contributed by atoms with Gasteiger partial charge in [0.25, 0.3) is 5.91 Å². The van der Waals surface area contributed by atoms with Crippen molar-refractivity contribution >= 4 is 22.9 Å². The Morgan fingerprint density at radius 2 is 2.07 bits per heavy atom. The zero-order valence-corrected chi connectivity index (χ0v) is 15.3. The van der Waals surface area contributed by atoms with Gasteiger partial charge in [-0.1, -0.05) is 0 Å². The fraction of sp³-hybridized carbons (Fsp3) is 0.263. The summed E-state index contributed by atoms with van der Waals surface area (Å²) in [6, 6.07) is 9.00. The molecule has 0 radical (unpaired) electrons. The molecule has 2 aromatic heterocycles. The Labute approximate surface area is 160 Å². The van der Waals surface area contributed by atoms with Gasteiger partial charge in [0.2, 0.25) is 0 Å². The van der Waals surface area contributed by atoms with Crippen LogP contribution in [0.2, 0.25) is 0 Å². The van der Waals surface area contributed by atoms with Crippen LogP contribution in [0.3, 0.4) is 0 Å². The lowest BCUT2D eigenvalue weighted by molar-refractivity contribution is 0.0679. The van der Waals surface area contributed by atoms with Crippen LogP contribution in [0.25, 0.3) is 10.8 Å². The molecular weight excluding hydrogens is 364 g/mol. The first-order valence-electron chi connectivity index (χ1n) is 8.67. The molecule has 27 heavy (non-hydrogen) atoms. The molecule has 1 aliphatic rings. The first kappa shape index (κ1) is 17.6. The van der Waals surface area contributed by atoms with Crippen LogP contribution in [0.5, 0.6) is 5.75 Å². The third kappa shape index (κ3) is 4.47. The highest BCUT2D eigenvalue weighted by atomic mass is 32.1. The van der Waals surface area contributed by atoms with Crippen molar-refractivity contribution in [3.05, 3.63) is 53.8 Å². The van der Waals surface area contributed by atoms with Crippen molar-refractivity contribution in [2.24, 2.45) is 0 Å². The zero-order valence-electron chi connectivity index (χ0n) is 14.5. The average Bonchev–Trinajstić information content (AvgIpc) is 3.40. The first-order valence-corrected chi connectivity index (χ1v) is 9.54. The third-order valence-corrected chi connectivity index (χ3v) is 4.90. The number of hydrogen-bond acceptors (Lipinski definition) is 7. The van der Waals surface area contributed by atoms with E-state index in [1.54, 1.807) is 36.0 Å². The van der Waals surface area contributed by atoms with E-state index in [2.05, 4.69) is 20.3 Å². The number of anilines is 1. The van der Waals surface area contributed by atoms with Crippen LogP contribution in [-0.4, -0.2) is 40.2 Å². The van der Waals surface area contributed by atoms with Crippen molar-refractivity contribution in [1.29, 1.82) is 0 Å². The summed E-state index contributed by atoms with van der Waals surface area (Å²) in [7, 11) is 0. The fourth-order valence-corrected chi connectivity index (χ4v) is 3.43. The van der Waals surface area contributed by atoms with Crippen molar-refractivity contribution in [2.75, 3.05) is 18.5 Å². The SMILES string of the molecule is O=C(Nc1ccc(OCC2CCCO2)cc1)c1csc(-c2ncccn2)n1. The number of carbonyl (C=O) groups excluding carboxylic acids is 1. The van der Waals surface area contributed by atoms with Crippen molar-refractivity contribution in [1.82, 2.24) is 15.0 Å². The highest BCUT2D eigenvalue weighted by molar-refractivity contribution is 7.13. The van der Waals surface area contributed by atoms with Crippen LogP contribution < -0.4 is 10.1 Å². The highest BCUT2D eigenvalue weighted by Gasteiger charge is 2.16. The van der Waals surface area contributed by atoms with Gasteiger partial charge in [0.05, 0.1) is 6.10 Å². The largest absolute Gasteiger partial charge is 0.491 e. The summed E-state index contributed by atoms with van der Waals surface area (Å²) in [6.45, 7) is 1.36. The highest BCUT2D eigenvalue weighted by Crippen LogP contribution is 2.22. The Bertz CT molecular complexity index is 893. The third-order valence-electron chi connectivity index (χ3n) is 4.07. The maximum atomic E-state index is 12.4. The molecule has 1 unspecified atom stereocenters. The lowest BCUT2D eigenvalue weighted by Crippen LogP contribution is -2.16. The molecule has 0 bridgehead atoms. The molecule has 0 saturated carbocycles. The van der Waals surface area contributed by atoms with E-state index < -0.39 is 0 Å². The van der Waals surface area contributed by atoms with Gasteiger partial charge < -0.3 is 14.8 Å². The number of nitrogens with one attached hydrogen (secondary N) is 1. The molecule has 4 rings (SSSR count). The maximum Gasteiger partial charge on any atom is 0.275 e. The average molecular weight is 382 g/mol. The van der Waals surface area contributed by atoms with E-state index in [0.717, 1.165) is 25.2 Å². The van der Waals surface area contributed by atoms with Gasteiger partial charge in [0.15, 0.2) is 10.8 Å². The molecule has 3 aromatic rings. The normalized spacial score (nSPS) is 16.2. The number of hydrogen-bond donors (Lipinski definition) is 1. The summed E-state index contributed by atoms with van der Waals surface area (Å²) in [5.74, 6) is 0.983. The molecule has 7 nitrogen and oxygen atoms in total. The number of rotatable bonds is 6. The van der Waals surface area contributed by atoms with Crippen LogP contribution in [0.1, 0.15) is 23.3 Å². The Hall–Kier alpha value is -2.84. The minimum atomic E-state index is -0.276. The number of carbonyl (C=O) groups is 1. The summed E-state index contributed by atoms with van der Waals surface area (Å²) >= 11 is 1.33. The zero-order chi connectivity index (χ0) is 18.5. The molecule has 1 atom stereocenters. The van der Waals surface area contributed by atoms with E-state index in [1.807, 2.05) is 12.1 Å². The number of benzene rings is 1. The Morgan fingerprint density at radius 1 is 1.26 bits per heavy atom. The maximum absolute atomic E-state index is 12.4. The van der Waals surface area contributed by atoms with Crippen LogP contribution >= 0.6 is 11.3 Å². The molecule has 1 N–H and O–H groups in total. The molecule has 8 heteroatoms. The van der Waals surface area contributed by atoms with E-state index in [-0.39, 0.29) is 12.0 Å². The van der Waals surface area contributed by atoms with Gasteiger partial charge in [-0.05, 0) is 43.2 Å². The number of aromatic nitrogens is 3. The van der Waals surface area contributed by atoms with Gasteiger partial charge in [-0.15, -0.1) is 11.3 Å². The minimum absolute atomic E-state index is 0.178. The van der Waals surface area contributed by atoms with Gasteiger partial charge in [0.1, 0.15) is 18.1 Å². The smallest absolute Gasteiger partial charge is 0.275 e. The second kappa shape index (κ2) is 8.24. The second-order valence-electron chi connectivity index (χ2n) is 6.03. The van der Waals surface area contributed by atoms with Gasteiger partial charge >= 0.3 is 0 Å². The fourth-order valence-electron chi connectivity index (χ4n) is 2.68. The second-order valence-corrected chi connectivity index (χ2v) is 6.89. The number of nitrogens with zero attached hydrogens (tertiary/aromatic N) is 3. The van der Waals surface area contributed by atoms with E-state index in [4.69, 9.17) is 9.47 Å². The van der Waals surface area contributed by atoms with E-state index in [0.29, 0.717) is 28.8 Å². The lowest BCUT2D eigenvalue weighted by atomic mass is 10.2. The van der Waals surface area contributed by atoms with E-state index in [9.17, 15) is 4.79 Å². The molecule has 138 valence electrons. The lowest BCUT2D eigenvalue weighted by Gasteiger charge is -2.11. The summed E-state index contributed by atoms with van der Waals surface area (Å²) in [5, 5.41) is 5.14. The molecular formula is C19H18N4O3S.